The molecule has 6 heteroatoms. The van der Waals surface area contributed by atoms with Gasteiger partial charge < -0.3 is 10.8 Å². The second-order valence-electron chi connectivity index (χ2n) is 5.55. The Hall–Kier alpha value is -0.950. The normalized spacial score (nSPS) is 12.9. The first kappa shape index (κ1) is 17.1. The molecule has 5 nitrogen and oxygen atoms in total. The maximum Gasteiger partial charge on any atom is 0.243 e. The lowest BCUT2D eigenvalue weighted by Crippen LogP contribution is -2.42. The molecule has 0 atom stereocenters. The van der Waals surface area contributed by atoms with Crippen LogP contribution in [0.4, 0.5) is 0 Å². The highest BCUT2D eigenvalue weighted by molar-refractivity contribution is 7.89. The second kappa shape index (κ2) is 6.22. The number of nitrogens with zero attached hydrogens (tertiary/aromatic N) is 1. The molecule has 114 valence electrons. The fourth-order valence-electron chi connectivity index (χ4n) is 2.07. The maximum absolute atomic E-state index is 12.6. The van der Waals surface area contributed by atoms with Crippen LogP contribution >= 0.6 is 0 Å². The number of hydrogen-bond donors (Lipinski definition) is 2. The Morgan fingerprint density at radius 3 is 2.35 bits per heavy atom. The number of benzene rings is 1. The first-order chi connectivity index (χ1) is 9.11. The number of hydrogen-bond acceptors (Lipinski definition) is 4. The molecule has 0 aliphatic carbocycles. The molecule has 3 N–H and O–H groups in total. The maximum atomic E-state index is 12.6. The van der Waals surface area contributed by atoms with Crippen LogP contribution in [0.2, 0.25) is 0 Å². The molecule has 1 rings (SSSR count). The van der Waals surface area contributed by atoms with Crippen LogP contribution in [0.3, 0.4) is 0 Å². The van der Waals surface area contributed by atoms with Crippen molar-refractivity contribution in [3.8, 4) is 0 Å². The number of rotatable bonds is 6. The lowest BCUT2D eigenvalue weighted by Gasteiger charge is -2.28. The highest BCUT2D eigenvalue weighted by Crippen LogP contribution is 2.22. The smallest absolute Gasteiger partial charge is 0.243 e. The summed E-state index contributed by atoms with van der Waals surface area (Å²) in [6.07, 6.45) is 0. The fraction of sp³-hybridized carbons (Fsp3) is 0.571. The Balaban J connectivity index is 3.21. The molecule has 1 aromatic rings. The molecule has 0 heterocycles. The Morgan fingerprint density at radius 2 is 1.95 bits per heavy atom. The zero-order valence-electron chi connectivity index (χ0n) is 12.5. The molecule has 0 aromatic heterocycles. The van der Waals surface area contributed by atoms with Crippen LogP contribution in [-0.4, -0.2) is 36.5 Å². The molecule has 0 spiro atoms. The number of aliphatic hydroxyl groups is 1. The minimum Gasteiger partial charge on any atom is -0.389 e. The van der Waals surface area contributed by atoms with Gasteiger partial charge in [-0.15, -0.1) is 0 Å². The topological polar surface area (TPSA) is 83.6 Å². The number of likely N-dealkylation sites (N-methyl/N-ethyl adjacent to an activating group) is 1. The van der Waals surface area contributed by atoms with Gasteiger partial charge in [0.15, 0.2) is 0 Å². The summed E-state index contributed by atoms with van der Waals surface area (Å²) in [5.74, 6) is 0. The molecule has 20 heavy (non-hydrogen) atoms. The molecule has 1 aromatic carbocycles. The largest absolute Gasteiger partial charge is 0.389 e. The molecule has 0 aliphatic heterocycles. The third kappa shape index (κ3) is 4.02. The van der Waals surface area contributed by atoms with Gasteiger partial charge in [0.2, 0.25) is 10.0 Å². The van der Waals surface area contributed by atoms with Crippen LogP contribution in [0, 0.1) is 6.92 Å². The molecule has 0 fully saturated rings. The van der Waals surface area contributed by atoms with Crippen LogP contribution in [0.5, 0.6) is 0 Å². The van der Waals surface area contributed by atoms with Gasteiger partial charge in [0.25, 0.3) is 0 Å². The van der Waals surface area contributed by atoms with Crippen molar-refractivity contribution in [2.45, 2.75) is 44.7 Å². The highest BCUT2D eigenvalue weighted by atomic mass is 32.2. The average molecular weight is 300 g/mol. The summed E-state index contributed by atoms with van der Waals surface area (Å²) in [6.45, 7) is 7.44. The van der Waals surface area contributed by atoms with Gasteiger partial charge in [0, 0.05) is 19.6 Å². The third-order valence-electron chi connectivity index (χ3n) is 3.01. The number of sulfonamides is 1. The summed E-state index contributed by atoms with van der Waals surface area (Å²) in [4.78, 5) is 0.265. The van der Waals surface area contributed by atoms with Gasteiger partial charge in [-0.1, -0.05) is 19.1 Å². The van der Waals surface area contributed by atoms with Gasteiger partial charge in [-0.25, -0.2) is 8.42 Å². The van der Waals surface area contributed by atoms with E-state index in [1.54, 1.807) is 45.9 Å². The average Bonchev–Trinajstić information content (AvgIpc) is 2.34. The van der Waals surface area contributed by atoms with Gasteiger partial charge >= 0.3 is 0 Å². The van der Waals surface area contributed by atoms with E-state index in [-0.39, 0.29) is 11.4 Å². The van der Waals surface area contributed by atoms with Gasteiger partial charge in [0.05, 0.1) is 10.5 Å². The lowest BCUT2D eigenvalue weighted by atomic mass is 10.1. The molecular formula is C14H24N2O3S. The fourth-order valence-corrected chi connectivity index (χ4v) is 3.88. The van der Waals surface area contributed by atoms with E-state index >= 15 is 0 Å². The molecule has 0 amide bonds. The van der Waals surface area contributed by atoms with Crippen molar-refractivity contribution in [2.75, 3.05) is 13.1 Å². The van der Waals surface area contributed by atoms with Gasteiger partial charge in [-0.3, -0.25) is 0 Å². The van der Waals surface area contributed by atoms with E-state index < -0.39 is 15.6 Å². The van der Waals surface area contributed by atoms with Crippen molar-refractivity contribution in [3.63, 3.8) is 0 Å². The van der Waals surface area contributed by atoms with Crippen molar-refractivity contribution >= 4 is 10.0 Å². The Kier molecular flexibility index (Phi) is 5.32. The summed E-state index contributed by atoms with van der Waals surface area (Å²) >= 11 is 0. The van der Waals surface area contributed by atoms with Gasteiger partial charge in [-0.05, 0) is 38.0 Å². The number of aryl methyl sites for hydroxylation is 1. The van der Waals surface area contributed by atoms with Crippen molar-refractivity contribution in [1.82, 2.24) is 4.31 Å². The lowest BCUT2D eigenvalue weighted by molar-refractivity contribution is 0.0601. The Bertz CT molecular complexity index is 562. The molecule has 0 radical (unpaired) electrons. The van der Waals surface area contributed by atoms with Crippen molar-refractivity contribution < 1.29 is 13.5 Å². The van der Waals surface area contributed by atoms with Gasteiger partial charge in [0.1, 0.15) is 0 Å². The van der Waals surface area contributed by atoms with E-state index in [1.165, 1.54) is 4.31 Å². The molecule has 0 saturated heterocycles. The van der Waals surface area contributed by atoms with E-state index in [4.69, 9.17) is 5.73 Å². The first-order valence-electron chi connectivity index (χ1n) is 6.64. The standard InChI is InChI=1S/C14H24N2O3S/c1-5-16(10-14(3,4)17)20(18,19)13-7-6-12(9-15)8-11(13)2/h6-8,17H,5,9-10,15H2,1-4H3. The molecule has 0 bridgehead atoms. The van der Waals surface area contributed by atoms with Gasteiger partial charge in [-0.2, -0.15) is 4.31 Å². The van der Waals surface area contributed by atoms with Crippen molar-refractivity contribution in [1.29, 1.82) is 0 Å². The quantitative estimate of drug-likeness (QED) is 0.828. The van der Waals surface area contributed by atoms with Crippen molar-refractivity contribution in [2.24, 2.45) is 5.73 Å². The van der Waals surface area contributed by atoms with Crippen LogP contribution in [0.15, 0.2) is 23.1 Å². The molecule has 0 aliphatic rings. The van der Waals surface area contributed by atoms with Crippen molar-refractivity contribution in [3.05, 3.63) is 29.3 Å². The van der Waals surface area contributed by atoms with E-state index in [9.17, 15) is 13.5 Å². The SMILES string of the molecule is CCN(CC(C)(C)O)S(=O)(=O)c1ccc(CN)cc1C. The minimum absolute atomic E-state index is 0.0594. The summed E-state index contributed by atoms with van der Waals surface area (Å²) in [5.41, 5.74) is 6.04. The highest BCUT2D eigenvalue weighted by Gasteiger charge is 2.29. The van der Waals surface area contributed by atoms with E-state index in [1.807, 2.05) is 0 Å². The zero-order chi connectivity index (χ0) is 15.6. The van der Waals surface area contributed by atoms with Crippen LogP contribution in [0.1, 0.15) is 31.9 Å². The minimum atomic E-state index is -3.61. The van der Waals surface area contributed by atoms with Crippen LogP contribution in [0.25, 0.3) is 0 Å². The second-order valence-corrected chi connectivity index (χ2v) is 7.45. The summed E-state index contributed by atoms with van der Waals surface area (Å²) in [6, 6.07) is 5.09. The molecule has 0 saturated carbocycles. The predicted octanol–water partition coefficient (Wildman–Crippen LogP) is 1.24. The van der Waals surface area contributed by atoms with E-state index in [2.05, 4.69) is 0 Å². The third-order valence-corrected chi connectivity index (χ3v) is 5.09. The molecular weight excluding hydrogens is 276 g/mol. The Morgan fingerprint density at radius 1 is 1.35 bits per heavy atom. The zero-order valence-corrected chi connectivity index (χ0v) is 13.4. The summed E-state index contributed by atoms with van der Waals surface area (Å²) in [5, 5.41) is 9.86. The van der Waals surface area contributed by atoms with Crippen LogP contribution < -0.4 is 5.73 Å². The number of nitrogens with two attached hydrogens (primary N) is 1. The summed E-state index contributed by atoms with van der Waals surface area (Å²) in [7, 11) is -3.61. The predicted molar refractivity (Wildman–Crippen MR) is 79.8 cm³/mol. The monoisotopic (exact) mass is 300 g/mol. The molecule has 0 unspecified atom stereocenters. The Labute approximate surface area is 121 Å². The summed E-state index contributed by atoms with van der Waals surface area (Å²) < 4.78 is 26.6. The first-order valence-corrected chi connectivity index (χ1v) is 8.08. The van der Waals surface area contributed by atoms with E-state index in [0.29, 0.717) is 18.7 Å². The van der Waals surface area contributed by atoms with E-state index in [0.717, 1.165) is 5.56 Å². The van der Waals surface area contributed by atoms with Crippen LogP contribution in [-0.2, 0) is 16.6 Å².